The summed E-state index contributed by atoms with van der Waals surface area (Å²) in [5.74, 6) is 0.121. The van der Waals surface area contributed by atoms with E-state index in [1.807, 2.05) is 51.1 Å². The Labute approximate surface area is 142 Å². The molecule has 1 amide bonds. The highest BCUT2D eigenvalue weighted by Crippen LogP contribution is 2.23. The molecule has 2 aromatic rings. The van der Waals surface area contributed by atoms with E-state index in [9.17, 15) is 9.90 Å². The number of hydrogen-bond donors (Lipinski definition) is 3. The lowest BCUT2D eigenvalue weighted by Gasteiger charge is -2.17. The Kier molecular flexibility index (Phi) is 6.11. The summed E-state index contributed by atoms with van der Waals surface area (Å²) < 4.78 is 5.15. The number of carbonyl (C=O) groups is 1. The molecule has 0 aliphatic heterocycles. The first-order valence-electron chi connectivity index (χ1n) is 8.06. The number of amides is 1. The first-order valence-corrected chi connectivity index (χ1v) is 8.06. The second-order valence-corrected chi connectivity index (χ2v) is 6.73. The van der Waals surface area contributed by atoms with Gasteiger partial charge in [0.05, 0.1) is 12.2 Å². The zero-order valence-electron chi connectivity index (χ0n) is 14.4. The fourth-order valence-corrected chi connectivity index (χ4v) is 2.29. The van der Waals surface area contributed by atoms with Crippen LogP contribution in [0.15, 0.2) is 40.9 Å². The average Bonchev–Trinajstić information content (AvgIpc) is 3.01. The van der Waals surface area contributed by atoms with Crippen LogP contribution >= 0.6 is 0 Å². The normalized spacial score (nSPS) is 12.8. The van der Waals surface area contributed by atoms with Gasteiger partial charge < -0.3 is 14.9 Å². The maximum Gasteiger partial charge on any atom is 0.240 e. The average molecular weight is 331 g/mol. The van der Waals surface area contributed by atoms with Crippen LogP contribution in [0.5, 0.6) is 0 Å². The molecule has 0 aliphatic rings. The van der Waals surface area contributed by atoms with E-state index in [4.69, 9.17) is 4.52 Å². The largest absolute Gasteiger partial charge is 0.396 e. The van der Waals surface area contributed by atoms with Crippen molar-refractivity contribution in [3.8, 4) is 0 Å². The van der Waals surface area contributed by atoms with Crippen molar-refractivity contribution < 1.29 is 14.4 Å². The van der Waals surface area contributed by atoms with Crippen molar-refractivity contribution in [2.75, 3.05) is 18.5 Å². The Morgan fingerprint density at radius 3 is 2.58 bits per heavy atom. The van der Waals surface area contributed by atoms with Crippen molar-refractivity contribution in [3.63, 3.8) is 0 Å². The molecule has 1 atom stereocenters. The number of hydrogen-bond acceptors (Lipinski definition) is 5. The zero-order valence-corrected chi connectivity index (χ0v) is 14.4. The fraction of sp³-hybridized carbons (Fsp3) is 0.444. The summed E-state index contributed by atoms with van der Waals surface area (Å²) in [6.07, 6.45) is 0.535. The molecule has 1 unspecified atom stereocenters. The smallest absolute Gasteiger partial charge is 0.240 e. The molecule has 0 spiro atoms. The SMILES string of the molecule is CC(C)(C)c1cc(NC(=O)CNC(CCO)c2ccccc2)on1. The molecule has 2 rings (SSSR count). The van der Waals surface area contributed by atoms with Gasteiger partial charge in [0.1, 0.15) is 0 Å². The van der Waals surface area contributed by atoms with Crippen LogP contribution in [0.4, 0.5) is 5.88 Å². The second-order valence-electron chi connectivity index (χ2n) is 6.73. The Morgan fingerprint density at radius 2 is 2.00 bits per heavy atom. The van der Waals surface area contributed by atoms with Gasteiger partial charge in [0.2, 0.25) is 11.8 Å². The first-order chi connectivity index (χ1) is 11.4. The summed E-state index contributed by atoms with van der Waals surface area (Å²) in [6.45, 7) is 6.24. The van der Waals surface area contributed by atoms with E-state index >= 15 is 0 Å². The molecular weight excluding hydrogens is 306 g/mol. The summed E-state index contributed by atoms with van der Waals surface area (Å²) in [6, 6.07) is 11.4. The Morgan fingerprint density at radius 1 is 1.29 bits per heavy atom. The number of anilines is 1. The molecular formula is C18H25N3O3. The molecule has 1 heterocycles. The molecule has 0 radical (unpaired) electrons. The van der Waals surface area contributed by atoms with Gasteiger partial charge in [-0.15, -0.1) is 0 Å². The maximum absolute atomic E-state index is 12.1. The van der Waals surface area contributed by atoms with E-state index < -0.39 is 0 Å². The molecule has 3 N–H and O–H groups in total. The predicted octanol–water partition coefficient (Wildman–Crippen LogP) is 2.62. The van der Waals surface area contributed by atoms with Crippen molar-refractivity contribution >= 4 is 11.8 Å². The van der Waals surface area contributed by atoms with Crippen LogP contribution < -0.4 is 10.6 Å². The van der Waals surface area contributed by atoms with Gasteiger partial charge in [-0.3, -0.25) is 10.1 Å². The molecule has 0 aliphatic carbocycles. The zero-order chi connectivity index (χ0) is 17.6. The van der Waals surface area contributed by atoms with Gasteiger partial charge in [0.25, 0.3) is 0 Å². The van der Waals surface area contributed by atoms with Gasteiger partial charge in [-0.05, 0) is 12.0 Å². The van der Waals surface area contributed by atoms with E-state index in [0.29, 0.717) is 12.3 Å². The van der Waals surface area contributed by atoms with Gasteiger partial charge >= 0.3 is 0 Å². The fourth-order valence-electron chi connectivity index (χ4n) is 2.29. The number of nitrogens with zero attached hydrogens (tertiary/aromatic N) is 1. The molecule has 0 saturated carbocycles. The van der Waals surface area contributed by atoms with Crippen LogP contribution in [0.1, 0.15) is 44.5 Å². The van der Waals surface area contributed by atoms with E-state index in [1.165, 1.54) is 0 Å². The number of rotatable bonds is 7. The third-order valence-corrected chi connectivity index (χ3v) is 3.67. The van der Waals surface area contributed by atoms with Crippen LogP contribution in [0, 0.1) is 0 Å². The number of aliphatic hydroxyl groups is 1. The summed E-state index contributed by atoms with van der Waals surface area (Å²) in [4.78, 5) is 12.1. The van der Waals surface area contributed by atoms with Crippen molar-refractivity contribution in [3.05, 3.63) is 47.7 Å². The van der Waals surface area contributed by atoms with E-state index in [2.05, 4.69) is 15.8 Å². The standard InChI is InChI=1S/C18H25N3O3/c1-18(2,3)15-11-17(24-21-15)20-16(23)12-19-14(9-10-22)13-7-5-4-6-8-13/h4-8,11,14,19,22H,9-10,12H2,1-3H3,(H,20,23). The van der Waals surface area contributed by atoms with Gasteiger partial charge in [-0.25, -0.2) is 0 Å². The third-order valence-electron chi connectivity index (χ3n) is 3.67. The molecule has 1 aromatic carbocycles. The van der Waals surface area contributed by atoms with Gasteiger partial charge in [0.15, 0.2) is 0 Å². The lowest BCUT2D eigenvalue weighted by molar-refractivity contribution is -0.115. The highest BCUT2D eigenvalue weighted by molar-refractivity contribution is 5.91. The topological polar surface area (TPSA) is 87.4 Å². The van der Waals surface area contributed by atoms with Crippen LogP contribution in [0.3, 0.4) is 0 Å². The molecule has 24 heavy (non-hydrogen) atoms. The Hall–Kier alpha value is -2.18. The minimum Gasteiger partial charge on any atom is -0.396 e. The van der Waals surface area contributed by atoms with Crippen LogP contribution in [-0.4, -0.2) is 29.3 Å². The molecule has 0 fully saturated rings. The quantitative estimate of drug-likeness (QED) is 0.726. The van der Waals surface area contributed by atoms with Gasteiger partial charge in [0, 0.05) is 24.1 Å². The number of nitrogens with one attached hydrogen (secondary N) is 2. The summed E-state index contributed by atoms with van der Waals surface area (Å²) in [5.41, 5.74) is 1.69. The monoisotopic (exact) mass is 331 g/mol. The number of carbonyl (C=O) groups excluding carboxylic acids is 1. The van der Waals surface area contributed by atoms with Crippen molar-refractivity contribution in [1.82, 2.24) is 10.5 Å². The highest BCUT2D eigenvalue weighted by Gasteiger charge is 2.20. The van der Waals surface area contributed by atoms with Gasteiger partial charge in [-0.1, -0.05) is 56.3 Å². The molecule has 0 bridgehead atoms. The minimum atomic E-state index is -0.217. The lowest BCUT2D eigenvalue weighted by Crippen LogP contribution is -2.31. The Balaban J connectivity index is 1.90. The number of aliphatic hydroxyl groups excluding tert-OH is 1. The van der Waals surface area contributed by atoms with Crippen molar-refractivity contribution in [1.29, 1.82) is 0 Å². The third kappa shape index (κ3) is 5.18. The van der Waals surface area contributed by atoms with Crippen molar-refractivity contribution in [2.24, 2.45) is 0 Å². The summed E-state index contributed by atoms with van der Waals surface area (Å²) in [5, 5.41) is 19.0. The van der Waals surface area contributed by atoms with Crippen molar-refractivity contribution in [2.45, 2.75) is 38.6 Å². The van der Waals surface area contributed by atoms with E-state index in [-0.39, 0.29) is 30.5 Å². The van der Waals surface area contributed by atoms with Crippen LogP contribution in [-0.2, 0) is 10.2 Å². The van der Waals surface area contributed by atoms with Crippen LogP contribution in [0.2, 0.25) is 0 Å². The molecule has 130 valence electrons. The second kappa shape index (κ2) is 8.08. The molecule has 6 nitrogen and oxygen atoms in total. The van der Waals surface area contributed by atoms with Gasteiger partial charge in [-0.2, -0.15) is 0 Å². The van der Waals surface area contributed by atoms with E-state index in [0.717, 1.165) is 11.3 Å². The summed E-state index contributed by atoms with van der Waals surface area (Å²) >= 11 is 0. The Bertz CT molecular complexity index is 647. The predicted molar refractivity (Wildman–Crippen MR) is 92.7 cm³/mol. The summed E-state index contributed by atoms with van der Waals surface area (Å²) in [7, 11) is 0. The number of benzene rings is 1. The van der Waals surface area contributed by atoms with Crippen LogP contribution in [0.25, 0.3) is 0 Å². The minimum absolute atomic E-state index is 0.0469. The molecule has 6 heteroatoms. The highest BCUT2D eigenvalue weighted by atomic mass is 16.5. The maximum atomic E-state index is 12.1. The lowest BCUT2D eigenvalue weighted by atomic mass is 9.92. The van der Waals surface area contributed by atoms with E-state index in [1.54, 1.807) is 6.07 Å². The molecule has 1 aromatic heterocycles. The number of aromatic nitrogens is 1. The first kappa shape index (κ1) is 18.2. The molecule has 0 saturated heterocycles.